The van der Waals surface area contributed by atoms with Crippen LogP contribution >= 0.6 is 11.3 Å². The predicted molar refractivity (Wildman–Crippen MR) is 97.0 cm³/mol. The van der Waals surface area contributed by atoms with Crippen LogP contribution in [-0.2, 0) is 0 Å². The summed E-state index contributed by atoms with van der Waals surface area (Å²) in [6.45, 7) is 7.81. The minimum absolute atomic E-state index is 0.164. The summed E-state index contributed by atoms with van der Waals surface area (Å²) in [7, 11) is 2.15. The molecule has 2 saturated heterocycles. The average molecular weight is 345 g/mol. The molecule has 7 heteroatoms. The maximum atomic E-state index is 12.8. The Morgan fingerprint density at radius 3 is 2.50 bits per heavy atom. The Labute approximate surface area is 146 Å². The molecule has 4 heterocycles. The molecule has 1 amide bonds. The second-order valence-corrected chi connectivity index (χ2v) is 7.72. The second-order valence-electron chi connectivity index (χ2n) is 6.72. The topological polar surface area (TPSA) is 52.6 Å². The Morgan fingerprint density at radius 2 is 1.79 bits per heavy atom. The van der Waals surface area contributed by atoms with Gasteiger partial charge >= 0.3 is 0 Å². The summed E-state index contributed by atoms with van der Waals surface area (Å²) in [4.78, 5) is 30.2. The van der Waals surface area contributed by atoms with Crippen molar-refractivity contribution in [3.8, 4) is 0 Å². The molecule has 128 valence electrons. The molecule has 2 aromatic heterocycles. The summed E-state index contributed by atoms with van der Waals surface area (Å²) in [5.41, 5.74) is 1.04. The van der Waals surface area contributed by atoms with Crippen molar-refractivity contribution in [1.82, 2.24) is 19.8 Å². The van der Waals surface area contributed by atoms with Crippen LogP contribution < -0.4 is 4.90 Å². The Balaban J connectivity index is 1.73. The maximum Gasteiger partial charge on any atom is 0.264 e. The molecule has 0 atom stereocenters. The number of rotatable bonds is 2. The maximum absolute atomic E-state index is 12.8. The fraction of sp³-hybridized carbons (Fsp3) is 0.588. The lowest BCUT2D eigenvalue weighted by Crippen LogP contribution is -2.44. The van der Waals surface area contributed by atoms with Gasteiger partial charge in [-0.1, -0.05) is 0 Å². The van der Waals surface area contributed by atoms with E-state index in [1.165, 1.54) is 11.3 Å². The Morgan fingerprint density at radius 1 is 1.08 bits per heavy atom. The van der Waals surface area contributed by atoms with Gasteiger partial charge in [0.1, 0.15) is 17.0 Å². The molecule has 2 fully saturated rings. The van der Waals surface area contributed by atoms with Crippen molar-refractivity contribution in [3.05, 3.63) is 16.8 Å². The van der Waals surface area contributed by atoms with Gasteiger partial charge in [-0.25, -0.2) is 9.97 Å². The number of aromatic nitrogens is 2. The number of hydrogen-bond donors (Lipinski definition) is 0. The van der Waals surface area contributed by atoms with E-state index in [9.17, 15) is 4.79 Å². The third kappa shape index (κ3) is 2.65. The van der Waals surface area contributed by atoms with Gasteiger partial charge in [0.05, 0.1) is 10.3 Å². The Hall–Kier alpha value is -1.73. The average Bonchev–Trinajstić information content (AvgIpc) is 3.23. The standard InChI is InChI=1S/C17H23N5OS/c1-12-13-15(21-9-7-20(2)8-10-21)18-11-19-16(13)24-14(12)17(23)22-5-3-4-6-22/h11H,3-10H2,1-2H3. The number of hydrogen-bond acceptors (Lipinski definition) is 6. The monoisotopic (exact) mass is 345 g/mol. The number of amides is 1. The van der Waals surface area contributed by atoms with E-state index >= 15 is 0 Å². The molecule has 2 aromatic rings. The predicted octanol–water partition coefficient (Wildman–Crippen LogP) is 1.99. The zero-order valence-corrected chi connectivity index (χ0v) is 15.1. The number of likely N-dealkylation sites (tertiary alicyclic amines) is 1. The molecule has 0 aromatic carbocycles. The van der Waals surface area contributed by atoms with Crippen LogP contribution in [-0.4, -0.2) is 72.0 Å². The first-order valence-corrected chi connectivity index (χ1v) is 9.43. The van der Waals surface area contributed by atoms with E-state index in [1.807, 2.05) is 11.8 Å². The van der Waals surface area contributed by atoms with E-state index in [0.29, 0.717) is 0 Å². The molecule has 0 aliphatic carbocycles. The summed E-state index contributed by atoms with van der Waals surface area (Å²) in [6.07, 6.45) is 3.86. The summed E-state index contributed by atoms with van der Waals surface area (Å²) in [6, 6.07) is 0. The molecular formula is C17H23N5OS. The number of anilines is 1. The van der Waals surface area contributed by atoms with Gasteiger partial charge < -0.3 is 14.7 Å². The number of nitrogens with zero attached hydrogens (tertiary/aromatic N) is 5. The largest absolute Gasteiger partial charge is 0.353 e. The lowest BCUT2D eigenvalue weighted by Gasteiger charge is -2.33. The first-order chi connectivity index (χ1) is 11.6. The van der Waals surface area contributed by atoms with Crippen molar-refractivity contribution >= 4 is 33.3 Å². The normalized spacial score (nSPS) is 19.4. The molecule has 4 rings (SSSR count). The van der Waals surface area contributed by atoms with Gasteiger partial charge in [0.2, 0.25) is 0 Å². The van der Waals surface area contributed by atoms with Crippen LogP contribution in [0.25, 0.3) is 10.2 Å². The third-order valence-electron chi connectivity index (χ3n) is 5.10. The molecular weight excluding hydrogens is 322 g/mol. The van der Waals surface area contributed by atoms with Gasteiger partial charge in [0.25, 0.3) is 5.91 Å². The highest BCUT2D eigenvalue weighted by atomic mass is 32.1. The van der Waals surface area contributed by atoms with Crippen molar-refractivity contribution in [2.75, 3.05) is 51.2 Å². The minimum atomic E-state index is 0.164. The van der Waals surface area contributed by atoms with Crippen molar-refractivity contribution in [3.63, 3.8) is 0 Å². The molecule has 2 aliphatic rings. The molecule has 0 unspecified atom stereocenters. The van der Waals surface area contributed by atoms with Crippen molar-refractivity contribution < 1.29 is 4.79 Å². The minimum Gasteiger partial charge on any atom is -0.353 e. The van der Waals surface area contributed by atoms with Gasteiger partial charge in [-0.15, -0.1) is 11.3 Å². The quantitative estimate of drug-likeness (QED) is 0.833. The number of aryl methyl sites for hydroxylation is 1. The molecule has 0 radical (unpaired) electrons. The van der Waals surface area contributed by atoms with E-state index in [1.54, 1.807) is 6.33 Å². The zero-order chi connectivity index (χ0) is 16.7. The number of fused-ring (bicyclic) bond motifs is 1. The van der Waals surface area contributed by atoms with Gasteiger partial charge in [-0.2, -0.15) is 0 Å². The molecule has 6 nitrogen and oxygen atoms in total. The third-order valence-corrected chi connectivity index (χ3v) is 6.28. The number of likely N-dealkylation sites (N-methyl/N-ethyl adjacent to an activating group) is 1. The fourth-order valence-electron chi connectivity index (χ4n) is 3.58. The summed E-state index contributed by atoms with van der Waals surface area (Å²) in [5, 5.41) is 1.06. The van der Waals surface area contributed by atoms with Crippen LogP contribution in [0.15, 0.2) is 6.33 Å². The highest BCUT2D eigenvalue weighted by Gasteiger charge is 2.27. The number of carbonyl (C=O) groups excluding carboxylic acids is 1. The van der Waals surface area contributed by atoms with E-state index in [-0.39, 0.29) is 5.91 Å². The second kappa shape index (κ2) is 6.29. The summed E-state index contributed by atoms with van der Waals surface area (Å²) in [5.74, 6) is 1.15. The fourth-order valence-corrected chi connectivity index (χ4v) is 4.69. The van der Waals surface area contributed by atoms with Gasteiger partial charge in [-0.3, -0.25) is 4.79 Å². The van der Waals surface area contributed by atoms with E-state index in [4.69, 9.17) is 0 Å². The van der Waals surface area contributed by atoms with Gasteiger partial charge in [-0.05, 0) is 32.4 Å². The highest BCUT2D eigenvalue weighted by molar-refractivity contribution is 7.20. The first kappa shape index (κ1) is 15.8. The van der Waals surface area contributed by atoms with Crippen LogP contribution in [0.1, 0.15) is 28.1 Å². The van der Waals surface area contributed by atoms with Gasteiger partial charge in [0.15, 0.2) is 0 Å². The van der Waals surface area contributed by atoms with Crippen LogP contribution in [0.4, 0.5) is 5.82 Å². The Kier molecular flexibility index (Phi) is 4.14. The summed E-state index contributed by atoms with van der Waals surface area (Å²) >= 11 is 1.52. The molecule has 0 spiro atoms. The lowest BCUT2D eigenvalue weighted by atomic mass is 10.1. The van der Waals surface area contributed by atoms with E-state index in [0.717, 1.165) is 78.6 Å². The van der Waals surface area contributed by atoms with Crippen LogP contribution in [0.5, 0.6) is 0 Å². The summed E-state index contributed by atoms with van der Waals surface area (Å²) < 4.78 is 0. The number of carbonyl (C=O) groups is 1. The van der Waals surface area contributed by atoms with E-state index < -0.39 is 0 Å². The SMILES string of the molecule is Cc1c(C(=O)N2CCCC2)sc2ncnc(N3CCN(C)CC3)c12. The van der Waals surface area contributed by atoms with Crippen molar-refractivity contribution in [2.45, 2.75) is 19.8 Å². The molecule has 24 heavy (non-hydrogen) atoms. The smallest absolute Gasteiger partial charge is 0.264 e. The zero-order valence-electron chi connectivity index (χ0n) is 14.3. The number of piperazine rings is 1. The molecule has 2 aliphatic heterocycles. The van der Waals surface area contributed by atoms with Crippen LogP contribution in [0, 0.1) is 6.92 Å². The molecule has 0 saturated carbocycles. The molecule has 0 bridgehead atoms. The first-order valence-electron chi connectivity index (χ1n) is 8.62. The van der Waals surface area contributed by atoms with Crippen LogP contribution in [0.3, 0.4) is 0 Å². The van der Waals surface area contributed by atoms with E-state index in [2.05, 4.69) is 26.8 Å². The van der Waals surface area contributed by atoms with Crippen molar-refractivity contribution in [2.24, 2.45) is 0 Å². The highest BCUT2D eigenvalue weighted by Crippen LogP contribution is 2.36. The van der Waals surface area contributed by atoms with Crippen LogP contribution in [0.2, 0.25) is 0 Å². The number of thiophene rings is 1. The van der Waals surface area contributed by atoms with Gasteiger partial charge in [0, 0.05) is 39.3 Å². The lowest BCUT2D eigenvalue weighted by molar-refractivity contribution is 0.0797. The molecule has 0 N–H and O–H groups in total. The Bertz CT molecular complexity index is 760. The van der Waals surface area contributed by atoms with Crippen molar-refractivity contribution in [1.29, 1.82) is 0 Å².